The Labute approximate surface area is 189 Å². The van der Waals surface area contributed by atoms with E-state index < -0.39 is 0 Å². The maximum Gasteiger partial charge on any atom is 0.133 e. The molecule has 160 valence electrons. The molecule has 3 aromatic carbocycles. The third-order valence-electron chi connectivity index (χ3n) is 5.50. The van der Waals surface area contributed by atoms with Gasteiger partial charge in [0.1, 0.15) is 23.5 Å². The Bertz CT molecular complexity index is 1310. The number of anilines is 1. The van der Waals surface area contributed by atoms with Gasteiger partial charge in [-0.2, -0.15) is 0 Å². The molecule has 0 fully saturated rings. The minimum absolute atomic E-state index is 0.206. The van der Waals surface area contributed by atoms with Crippen LogP contribution in [0.3, 0.4) is 0 Å². The first kappa shape index (κ1) is 20.3. The number of benzene rings is 3. The Balaban J connectivity index is 1.48. The van der Waals surface area contributed by atoms with Crippen LogP contribution in [0, 0.1) is 5.82 Å². The molecular weight excluding hydrogens is 425 g/mol. The van der Waals surface area contributed by atoms with Crippen LogP contribution >= 0.6 is 11.6 Å². The summed E-state index contributed by atoms with van der Waals surface area (Å²) in [4.78, 5) is 18.3. The molecule has 0 aliphatic carbocycles. The van der Waals surface area contributed by atoms with Gasteiger partial charge in [0, 0.05) is 30.4 Å². The second-order valence-corrected chi connectivity index (χ2v) is 8.13. The van der Waals surface area contributed by atoms with Crippen molar-refractivity contribution in [3.05, 3.63) is 113 Å². The number of hydrogen-bond acceptors (Lipinski definition) is 3. The fourth-order valence-corrected chi connectivity index (χ4v) is 4.03. The van der Waals surface area contributed by atoms with Gasteiger partial charge in [-0.3, -0.25) is 0 Å². The summed E-state index contributed by atoms with van der Waals surface area (Å²) >= 11 is 6.12. The lowest BCUT2D eigenvalue weighted by atomic mass is 10.0. The van der Waals surface area contributed by atoms with Crippen LogP contribution in [0.1, 0.15) is 28.9 Å². The number of hydrogen-bond donors (Lipinski definition) is 2. The van der Waals surface area contributed by atoms with E-state index in [2.05, 4.69) is 19.9 Å². The molecule has 2 N–H and O–H groups in total. The van der Waals surface area contributed by atoms with Crippen LogP contribution in [0.4, 0.5) is 10.1 Å². The van der Waals surface area contributed by atoms with Crippen LogP contribution in [0.2, 0.25) is 5.02 Å². The molecule has 0 saturated heterocycles. The zero-order chi connectivity index (χ0) is 22.1. The highest BCUT2D eigenvalue weighted by Crippen LogP contribution is 2.31. The van der Waals surface area contributed by atoms with Crippen molar-refractivity contribution in [2.24, 2.45) is 0 Å². The quantitative estimate of drug-likeness (QED) is 0.342. The molecule has 0 radical (unpaired) electrons. The molecule has 0 saturated carbocycles. The van der Waals surface area contributed by atoms with Gasteiger partial charge in [-0.1, -0.05) is 35.9 Å². The highest BCUT2D eigenvalue weighted by atomic mass is 35.5. The Kier molecular flexibility index (Phi) is 5.37. The van der Waals surface area contributed by atoms with Crippen molar-refractivity contribution < 1.29 is 4.39 Å². The number of nitrogens with one attached hydrogen (secondary N) is 2. The summed E-state index contributed by atoms with van der Waals surface area (Å²) in [6.07, 6.45) is 2.49. The van der Waals surface area contributed by atoms with Crippen molar-refractivity contribution in [2.45, 2.75) is 12.5 Å². The highest BCUT2D eigenvalue weighted by Gasteiger charge is 2.23. The number of rotatable bonds is 6. The van der Waals surface area contributed by atoms with Crippen LogP contribution in [-0.4, -0.2) is 27.0 Å². The third-order valence-corrected chi connectivity index (χ3v) is 5.76. The summed E-state index contributed by atoms with van der Waals surface area (Å²) < 4.78 is 13.5. The fourth-order valence-electron chi connectivity index (χ4n) is 3.90. The first-order chi connectivity index (χ1) is 15.6. The topological polar surface area (TPSA) is 60.6 Å². The van der Waals surface area contributed by atoms with Crippen molar-refractivity contribution in [3.63, 3.8) is 0 Å². The number of aromatic amines is 2. The predicted molar refractivity (Wildman–Crippen MR) is 126 cm³/mol. The van der Waals surface area contributed by atoms with Gasteiger partial charge in [-0.25, -0.2) is 14.4 Å². The number of H-pyrrole nitrogens is 2. The molecule has 7 heteroatoms. The molecule has 5 aromatic rings. The molecular formula is C25H21ClFN5. The third kappa shape index (κ3) is 4.09. The minimum Gasteiger partial charge on any atom is -0.361 e. The minimum atomic E-state index is -0.267. The van der Waals surface area contributed by atoms with Gasteiger partial charge in [0.15, 0.2) is 0 Å². The first-order valence-corrected chi connectivity index (χ1v) is 10.7. The summed E-state index contributed by atoms with van der Waals surface area (Å²) in [5, 5.41) is 0.668. The molecule has 2 aromatic heterocycles. The maximum absolute atomic E-state index is 13.5. The molecule has 0 spiro atoms. The molecule has 0 amide bonds. The molecule has 0 aliphatic heterocycles. The lowest BCUT2D eigenvalue weighted by Gasteiger charge is -2.29. The molecule has 5 nitrogen and oxygen atoms in total. The average molecular weight is 446 g/mol. The predicted octanol–water partition coefficient (Wildman–Crippen LogP) is 5.90. The summed E-state index contributed by atoms with van der Waals surface area (Å²) in [6, 6.07) is 21.9. The summed E-state index contributed by atoms with van der Waals surface area (Å²) in [5.41, 5.74) is 4.72. The Morgan fingerprint density at radius 1 is 0.969 bits per heavy atom. The first-order valence-electron chi connectivity index (χ1n) is 10.3. The van der Waals surface area contributed by atoms with Crippen LogP contribution < -0.4 is 4.90 Å². The number of fused-ring (bicyclic) bond motifs is 1. The molecule has 1 unspecified atom stereocenters. The lowest BCUT2D eigenvalue weighted by Crippen LogP contribution is -2.26. The van der Waals surface area contributed by atoms with Crippen LogP contribution in [0.5, 0.6) is 0 Å². The van der Waals surface area contributed by atoms with E-state index in [-0.39, 0.29) is 11.9 Å². The van der Waals surface area contributed by atoms with Gasteiger partial charge in [0.25, 0.3) is 0 Å². The van der Waals surface area contributed by atoms with Crippen molar-refractivity contribution in [1.29, 1.82) is 0 Å². The van der Waals surface area contributed by atoms with Crippen LogP contribution in [-0.2, 0) is 6.42 Å². The van der Waals surface area contributed by atoms with Crippen molar-refractivity contribution in [3.8, 4) is 0 Å². The second-order valence-electron chi connectivity index (χ2n) is 7.70. The SMILES string of the molecule is CN(c1ccc(F)cc1)C(c1ccc(Cl)cc1)c1nc(Cc2nc3ccccc3[nH]2)c[nH]1. The lowest BCUT2D eigenvalue weighted by molar-refractivity contribution is 0.627. The largest absolute Gasteiger partial charge is 0.361 e. The molecule has 32 heavy (non-hydrogen) atoms. The van der Waals surface area contributed by atoms with E-state index in [9.17, 15) is 4.39 Å². The molecule has 0 aliphatic rings. The molecule has 5 rings (SSSR count). The van der Waals surface area contributed by atoms with Crippen molar-refractivity contribution >= 4 is 28.3 Å². The second kappa shape index (κ2) is 8.48. The van der Waals surface area contributed by atoms with E-state index in [1.807, 2.05) is 61.8 Å². The number of para-hydroxylation sites is 2. The van der Waals surface area contributed by atoms with E-state index in [1.54, 1.807) is 12.1 Å². The van der Waals surface area contributed by atoms with Gasteiger partial charge >= 0.3 is 0 Å². The van der Waals surface area contributed by atoms with E-state index in [0.29, 0.717) is 11.4 Å². The monoisotopic (exact) mass is 445 g/mol. The zero-order valence-corrected chi connectivity index (χ0v) is 18.1. The number of halogens is 2. The summed E-state index contributed by atoms with van der Waals surface area (Å²) in [5.74, 6) is 1.38. The Hall–Kier alpha value is -3.64. The Morgan fingerprint density at radius 3 is 2.47 bits per heavy atom. The zero-order valence-electron chi connectivity index (χ0n) is 17.4. The number of nitrogens with zero attached hydrogens (tertiary/aromatic N) is 3. The fraction of sp³-hybridized carbons (Fsp3) is 0.120. The number of imidazole rings is 2. The number of aromatic nitrogens is 4. The van der Waals surface area contributed by atoms with Gasteiger partial charge in [0.05, 0.1) is 16.7 Å². The van der Waals surface area contributed by atoms with Crippen molar-refractivity contribution in [1.82, 2.24) is 19.9 Å². The van der Waals surface area contributed by atoms with Crippen LogP contribution in [0.15, 0.2) is 79.0 Å². The Morgan fingerprint density at radius 2 is 1.72 bits per heavy atom. The van der Waals surface area contributed by atoms with Gasteiger partial charge in [0.2, 0.25) is 0 Å². The molecule has 0 bridgehead atoms. The standard InChI is InChI=1S/C25H21ClFN5/c1-32(20-12-10-18(27)11-13-20)24(16-6-8-17(26)9-7-16)25-28-15-19(29-25)14-23-30-21-4-2-3-5-22(21)31-23/h2-13,15,24H,14H2,1H3,(H,28,29)(H,30,31). The van der Waals surface area contributed by atoms with Gasteiger partial charge in [-0.15, -0.1) is 0 Å². The smallest absolute Gasteiger partial charge is 0.133 e. The van der Waals surface area contributed by atoms with Gasteiger partial charge in [-0.05, 0) is 54.1 Å². The summed E-state index contributed by atoms with van der Waals surface area (Å²) in [7, 11) is 1.97. The van der Waals surface area contributed by atoms with E-state index >= 15 is 0 Å². The molecule has 1 atom stereocenters. The maximum atomic E-state index is 13.5. The van der Waals surface area contributed by atoms with Gasteiger partial charge < -0.3 is 14.9 Å². The highest BCUT2D eigenvalue weighted by molar-refractivity contribution is 6.30. The molecule has 2 heterocycles. The van der Waals surface area contributed by atoms with Crippen LogP contribution in [0.25, 0.3) is 11.0 Å². The summed E-state index contributed by atoms with van der Waals surface area (Å²) in [6.45, 7) is 0. The van der Waals surface area contributed by atoms with E-state index in [4.69, 9.17) is 16.6 Å². The normalized spacial score (nSPS) is 12.2. The van der Waals surface area contributed by atoms with E-state index in [0.717, 1.165) is 39.6 Å². The average Bonchev–Trinajstić information content (AvgIpc) is 3.42. The van der Waals surface area contributed by atoms with Crippen molar-refractivity contribution in [2.75, 3.05) is 11.9 Å². The van der Waals surface area contributed by atoms with E-state index in [1.165, 1.54) is 12.1 Å².